The fraction of sp³-hybridized carbons (Fsp3) is 0.229. The van der Waals surface area contributed by atoms with Gasteiger partial charge in [0, 0.05) is 0 Å². The van der Waals surface area contributed by atoms with Crippen molar-refractivity contribution in [1.29, 1.82) is 0 Å². The molecule has 0 bridgehead atoms. The molecule has 0 unspecified atom stereocenters. The van der Waals surface area contributed by atoms with Crippen molar-refractivity contribution >= 4 is 16.7 Å². The van der Waals surface area contributed by atoms with Crippen LogP contribution in [0.4, 0.5) is 0 Å². The molecule has 0 aromatic heterocycles. The molecule has 0 saturated carbocycles. The molecule has 70 heavy (non-hydrogen) atoms. The van der Waals surface area contributed by atoms with Crippen LogP contribution in [0.25, 0.3) is 39.0 Å². The van der Waals surface area contributed by atoms with Gasteiger partial charge in [-0.1, -0.05) is 292 Å². The summed E-state index contributed by atoms with van der Waals surface area (Å²) < 4.78 is 0. The first-order valence-electron chi connectivity index (χ1n) is 25.8. The molecule has 0 atom stereocenters. The molecule has 0 aliphatic heterocycles. The van der Waals surface area contributed by atoms with E-state index in [1.165, 1.54) is 128 Å². The standard InChI is InChI=1S/C14H14.3C13H14.C13H12.2C2H6/c1-11-3-7-13(8-4-11)14-9-5-12(2)6-10-14;4*1-11-7-9-13(10-8-11)12-5-3-2-4-6-12;2*1-2/h3-10H,1-2H3;2*3,5-10H,2,4H2,1H3;2-3,5,7-10H,4,6H2,1H3;2-10H,1H3;2*1-2H3. The van der Waals surface area contributed by atoms with Crippen LogP contribution in [-0.2, 0) is 0 Å². The molecular weight excluding hydrogens is 841 g/mol. The van der Waals surface area contributed by atoms with Crippen molar-refractivity contribution in [3.63, 3.8) is 0 Å². The maximum atomic E-state index is 2.31. The third kappa shape index (κ3) is 19.9. The molecule has 0 spiro atoms. The van der Waals surface area contributed by atoms with Crippen molar-refractivity contribution in [2.24, 2.45) is 0 Å². The van der Waals surface area contributed by atoms with E-state index in [0.29, 0.717) is 0 Å². The van der Waals surface area contributed by atoms with Crippen LogP contribution in [0.1, 0.15) is 116 Å². The van der Waals surface area contributed by atoms with Gasteiger partial charge >= 0.3 is 0 Å². The lowest BCUT2D eigenvalue weighted by Crippen LogP contribution is -1.87. The van der Waals surface area contributed by atoms with E-state index in [1.807, 2.05) is 33.8 Å². The summed E-state index contributed by atoms with van der Waals surface area (Å²) in [6.45, 7) is 20.7. The van der Waals surface area contributed by atoms with E-state index in [-0.39, 0.29) is 0 Å². The highest BCUT2D eigenvalue weighted by Crippen LogP contribution is 2.25. The minimum atomic E-state index is 1.18. The molecule has 0 nitrogen and oxygen atoms in total. The third-order valence-corrected chi connectivity index (χ3v) is 11.8. The van der Waals surface area contributed by atoms with Crippen LogP contribution >= 0.6 is 0 Å². The SMILES string of the molecule is CC.CC.Cc1ccc(-c2ccc(C)cc2)cc1.Cc1ccc(-c2ccccc2)cc1.Cc1ccc(C2=CC=CCC2)cc1.Cc1ccc(C2=CCCC=C2)cc1.Cc1ccc(C2=CCCC=C2)cc1. The summed E-state index contributed by atoms with van der Waals surface area (Å²) in [7, 11) is 0. The van der Waals surface area contributed by atoms with Crippen LogP contribution < -0.4 is 0 Å². The molecule has 7 aromatic rings. The molecule has 0 heterocycles. The average Bonchev–Trinajstić information content (AvgIpc) is 3.43. The van der Waals surface area contributed by atoms with Crippen molar-refractivity contribution in [3.05, 3.63) is 281 Å². The van der Waals surface area contributed by atoms with Crippen LogP contribution in [0.2, 0.25) is 0 Å². The molecule has 7 aromatic carbocycles. The van der Waals surface area contributed by atoms with Gasteiger partial charge in [-0.25, -0.2) is 0 Å². The van der Waals surface area contributed by atoms with E-state index >= 15 is 0 Å². The van der Waals surface area contributed by atoms with Gasteiger partial charge in [-0.3, -0.25) is 0 Å². The van der Waals surface area contributed by atoms with E-state index in [9.17, 15) is 0 Å². The van der Waals surface area contributed by atoms with Gasteiger partial charge in [-0.05, 0) is 136 Å². The second kappa shape index (κ2) is 31.9. The molecular formula is C70H80. The fourth-order valence-corrected chi connectivity index (χ4v) is 7.63. The topological polar surface area (TPSA) is 0 Å². The number of aryl methyl sites for hydroxylation is 6. The van der Waals surface area contributed by atoms with E-state index in [0.717, 1.165) is 0 Å². The smallest absolute Gasteiger partial charge is 0.0184 e. The van der Waals surface area contributed by atoms with Gasteiger partial charge in [0.05, 0.1) is 0 Å². The van der Waals surface area contributed by atoms with E-state index in [2.05, 4.69) is 266 Å². The minimum Gasteiger partial charge on any atom is -0.0842 e. The van der Waals surface area contributed by atoms with Crippen molar-refractivity contribution in [2.75, 3.05) is 0 Å². The van der Waals surface area contributed by atoms with Crippen molar-refractivity contribution in [1.82, 2.24) is 0 Å². The van der Waals surface area contributed by atoms with Gasteiger partial charge in [0.2, 0.25) is 0 Å². The molecule has 3 aliphatic carbocycles. The summed E-state index contributed by atoms with van der Waals surface area (Å²) in [6, 6.07) is 62.5. The third-order valence-electron chi connectivity index (χ3n) is 11.8. The fourth-order valence-electron chi connectivity index (χ4n) is 7.63. The molecule has 10 rings (SSSR count). The lowest BCUT2D eigenvalue weighted by atomic mass is 9.97. The number of hydrogen-bond acceptors (Lipinski definition) is 0. The first kappa shape index (κ1) is 55.6. The molecule has 0 fully saturated rings. The summed E-state index contributed by atoms with van der Waals surface area (Å²) in [5.74, 6) is 0. The maximum Gasteiger partial charge on any atom is -0.0184 e. The van der Waals surface area contributed by atoms with Crippen LogP contribution in [0, 0.1) is 41.5 Å². The molecule has 3 aliphatic rings. The number of hydrogen-bond donors (Lipinski definition) is 0. The largest absolute Gasteiger partial charge is 0.0842 e. The number of benzene rings is 7. The number of rotatable bonds is 5. The second-order valence-electron chi connectivity index (χ2n) is 17.5. The zero-order valence-electron chi connectivity index (χ0n) is 44.2. The summed E-state index contributed by atoms with van der Waals surface area (Å²) in [5, 5.41) is 0. The Labute approximate surface area is 425 Å². The summed E-state index contributed by atoms with van der Waals surface area (Å²) in [6.07, 6.45) is 27.2. The average molecular weight is 921 g/mol. The van der Waals surface area contributed by atoms with Gasteiger partial charge in [0.1, 0.15) is 0 Å². The highest BCUT2D eigenvalue weighted by molar-refractivity contribution is 5.75. The Bertz CT molecular complexity index is 2580. The molecule has 0 amide bonds. The van der Waals surface area contributed by atoms with E-state index < -0.39 is 0 Å². The Balaban J connectivity index is 0.000000187. The molecule has 0 heteroatoms. The van der Waals surface area contributed by atoms with Crippen LogP contribution in [-0.4, -0.2) is 0 Å². The van der Waals surface area contributed by atoms with E-state index in [4.69, 9.17) is 0 Å². The quantitative estimate of drug-likeness (QED) is 0.161. The Morgan fingerprint density at radius 1 is 0.271 bits per heavy atom. The van der Waals surface area contributed by atoms with Gasteiger partial charge in [-0.15, -0.1) is 0 Å². The van der Waals surface area contributed by atoms with Crippen LogP contribution in [0.3, 0.4) is 0 Å². The van der Waals surface area contributed by atoms with Gasteiger partial charge < -0.3 is 0 Å². The Morgan fingerprint density at radius 2 is 0.571 bits per heavy atom. The van der Waals surface area contributed by atoms with E-state index in [1.54, 1.807) is 0 Å². The zero-order chi connectivity index (χ0) is 50.4. The lowest BCUT2D eigenvalue weighted by Gasteiger charge is -2.08. The minimum absolute atomic E-state index is 1.18. The first-order chi connectivity index (χ1) is 34.2. The first-order valence-corrected chi connectivity index (χ1v) is 25.8. The predicted molar refractivity (Wildman–Crippen MR) is 313 cm³/mol. The van der Waals surface area contributed by atoms with Crippen LogP contribution in [0.5, 0.6) is 0 Å². The van der Waals surface area contributed by atoms with Gasteiger partial charge in [0.15, 0.2) is 0 Å². The molecule has 0 radical (unpaired) electrons. The van der Waals surface area contributed by atoms with Crippen molar-refractivity contribution < 1.29 is 0 Å². The predicted octanol–water partition coefficient (Wildman–Crippen LogP) is 20.9. The highest BCUT2D eigenvalue weighted by atomic mass is 14.1. The summed E-state index contributed by atoms with van der Waals surface area (Å²) >= 11 is 0. The lowest BCUT2D eigenvalue weighted by molar-refractivity contribution is 1.04. The zero-order valence-corrected chi connectivity index (χ0v) is 44.2. The monoisotopic (exact) mass is 921 g/mol. The Hall–Kier alpha value is -7.02. The van der Waals surface area contributed by atoms with Crippen molar-refractivity contribution in [3.8, 4) is 22.3 Å². The maximum absolute atomic E-state index is 2.31. The second-order valence-corrected chi connectivity index (χ2v) is 17.5. The molecule has 0 saturated heterocycles. The normalized spacial score (nSPS) is 12.7. The van der Waals surface area contributed by atoms with Gasteiger partial charge in [0.25, 0.3) is 0 Å². The molecule has 360 valence electrons. The summed E-state index contributed by atoms with van der Waals surface area (Å²) in [4.78, 5) is 0. The summed E-state index contributed by atoms with van der Waals surface area (Å²) in [5.41, 5.74) is 21.3. The highest BCUT2D eigenvalue weighted by Gasteiger charge is 2.03. The van der Waals surface area contributed by atoms with Gasteiger partial charge in [-0.2, -0.15) is 0 Å². The van der Waals surface area contributed by atoms with Crippen LogP contribution in [0.15, 0.2) is 231 Å². The number of allylic oxidation sites excluding steroid dienone is 12. The van der Waals surface area contributed by atoms with Crippen molar-refractivity contribution in [2.45, 2.75) is 108 Å². The molecule has 0 N–H and O–H groups in total. The Kier molecular flexibility index (Phi) is 25.3. The Morgan fingerprint density at radius 3 is 0.857 bits per heavy atom.